The summed E-state index contributed by atoms with van der Waals surface area (Å²) in [7, 11) is 0. The summed E-state index contributed by atoms with van der Waals surface area (Å²) in [4.78, 5) is 13.1. The number of nitro groups is 1. The number of H-pyrrole nitrogens is 1. The highest BCUT2D eigenvalue weighted by atomic mass is 127. The van der Waals surface area contributed by atoms with Crippen LogP contribution in [0, 0.1) is 25.0 Å². The van der Waals surface area contributed by atoms with Crippen LogP contribution in [0.15, 0.2) is 18.3 Å². The van der Waals surface area contributed by atoms with E-state index in [1.807, 2.05) is 28.7 Å². The highest BCUT2D eigenvalue weighted by molar-refractivity contribution is 14.1. The van der Waals surface area contributed by atoms with E-state index in [1.54, 1.807) is 6.20 Å². The van der Waals surface area contributed by atoms with Crippen molar-refractivity contribution in [2.24, 2.45) is 0 Å². The molecule has 1 N–H and O–H groups in total. The van der Waals surface area contributed by atoms with E-state index in [0.717, 1.165) is 3.57 Å². The predicted octanol–water partition coefficient (Wildman–Crippen LogP) is 2.55. The van der Waals surface area contributed by atoms with Crippen molar-refractivity contribution in [3.05, 3.63) is 37.6 Å². The molecule has 0 radical (unpaired) electrons. The Morgan fingerprint density at radius 1 is 1.53 bits per heavy atom. The topological polar surface area (TPSA) is 82.7 Å². The number of rotatable bonds is 1. The first kappa shape index (κ1) is 9.92. The number of nitrogens with zero attached hydrogens (tertiary/aromatic N) is 2. The van der Waals surface area contributed by atoms with Gasteiger partial charge < -0.3 is 4.98 Å². The monoisotopic (exact) mass is 313 g/mol. The van der Waals surface area contributed by atoms with E-state index in [9.17, 15) is 10.1 Å². The molecule has 0 spiro atoms. The quantitative estimate of drug-likeness (QED) is 0.499. The molecule has 74 valence electrons. The van der Waals surface area contributed by atoms with Crippen LogP contribution in [-0.4, -0.2) is 9.91 Å². The summed E-state index contributed by atoms with van der Waals surface area (Å²) in [6.07, 6.45) is 1.65. The van der Waals surface area contributed by atoms with Crippen molar-refractivity contribution in [3.63, 3.8) is 0 Å². The Morgan fingerprint density at radius 3 is 2.87 bits per heavy atom. The van der Waals surface area contributed by atoms with Crippen LogP contribution in [-0.2, 0) is 0 Å². The fourth-order valence-electron chi connectivity index (χ4n) is 1.44. The zero-order valence-electron chi connectivity index (χ0n) is 7.32. The largest absolute Gasteiger partial charge is 0.355 e. The highest BCUT2D eigenvalue weighted by Gasteiger charge is 2.17. The maximum atomic E-state index is 10.7. The zero-order valence-corrected chi connectivity index (χ0v) is 9.48. The Kier molecular flexibility index (Phi) is 2.32. The molecule has 6 heteroatoms. The van der Waals surface area contributed by atoms with Crippen molar-refractivity contribution in [2.45, 2.75) is 0 Å². The van der Waals surface area contributed by atoms with Gasteiger partial charge in [-0.3, -0.25) is 10.1 Å². The van der Waals surface area contributed by atoms with Crippen molar-refractivity contribution >= 4 is 39.2 Å². The van der Waals surface area contributed by atoms with Gasteiger partial charge in [0.25, 0.3) is 5.69 Å². The minimum Gasteiger partial charge on any atom is -0.355 e. The van der Waals surface area contributed by atoms with Gasteiger partial charge in [0.15, 0.2) is 0 Å². The van der Waals surface area contributed by atoms with Crippen LogP contribution in [0.4, 0.5) is 5.69 Å². The maximum absolute atomic E-state index is 10.7. The van der Waals surface area contributed by atoms with Crippen LogP contribution in [0.2, 0.25) is 0 Å². The molecule has 15 heavy (non-hydrogen) atoms. The Labute approximate surface area is 98.0 Å². The number of nitro benzene ring substituents is 1. The minimum absolute atomic E-state index is 0.00749. The molecular formula is C9H4IN3O2. The normalized spacial score (nSPS) is 10.1. The second-order valence-electron chi connectivity index (χ2n) is 2.89. The van der Waals surface area contributed by atoms with Gasteiger partial charge in [-0.25, -0.2) is 0 Å². The fraction of sp³-hybridized carbons (Fsp3) is 0. The van der Waals surface area contributed by atoms with Crippen molar-refractivity contribution in [2.75, 3.05) is 0 Å². The first-order valence-electron chi connectivity index (χ1n) is 3.99. The molecule has 0 fully saturated rings. The molecule has 2 aromatic rings. The number of nitriles is 1. The molecule has 0 saturated heterocycles. The van der Waals surface area contributed by atoms with Crippen molar-refractivity contribution < 1.29 is 4.92 Å². The van der Waals surface area contributed by atoms with Gasteiger partial charge in [-0.15, -0.1) is 0 Å². The number of fused-ring (bicyclic) bond motifs is 1. The Bertz CT molecular complexity index is 597. The standard InChI is InChI=1S/C9H4IN3O2/c10-6-4-12-9-7(13(14)15)2-1-5(3-11)8(6)9/h1-2,4,12H. The number of aromatic nitrogens is 1. The molecule has 5 nitrogen and oxygen atoms in total. The van der Waals surface area contributed by atoms with Crippen molar-refractivity contribution in [3.8, 4) is 6.07 Å². The molecule has 2 rings (SSSR count). The summed E-state index contributed by atoms with van der Waals surface area (Å²) in [5.41, 5.74) is 0.844. The molecule has 0 saturated carbocycles. The van der Waals surface area contributed by atoms with Crippen LogP contribution >= 0.6 is 22.6 Å². The summed E-state index contributed by atoms with van der Waals surface area (Å²) >= 11 is 2.04. The van der Waals surface area contributed by atoms with E-state index in [2.05, 4.69) is 4.98 Å². The van der Waals surface area contributed by atoms with Gasteiger partial charge in [-0.1, -0.05) is 0 Å². The smallest absolute Gasteiger partial charge is 0.293 e. The number of aromatic amines is 1. The van der Waals surface area contributed by atoms with Gasteiger partial charge in [0, 0.05) is 21.2 Å². The van der Waals surface area contributed by atoms with E-state index < -0.39 is 4.92 Å². The van der Waals surface area contributed by atoms with Gasteiger partial charge in [0.1, 0.15) is 5.52 Å². The van der Waals surface area contributed by atoms with Gasteiger partial charge >= 0.3 is 0 Å². The van der Waals surface area contributed by atoms with Crippen LogP contribution in [0.3, 0.4) is 0 Å². The average Bonchev–Trinajstić information content (AvgIpc) is 2.60. The number of hydrogen-bond donors (Lipinski definition) is 1. The Hall–Kier alpha value is -1.62. The van der Waals surface area contributed by atoms with Crippen molar-refractivity contribution in [1.82, 2.24) is 4.98 Å². The van der Waals surface area contributed by atoms with Crippen LogP contribution < -0.4 is 0 Å². The zero-order chi connectivity index (χ0) is 11.0. The molecule has 0 aliphatic rings. The summed E-state index contributed by atoms with van der Waals surface area (Å²) in [5.74, 6) is 0. The van der Waals surface area contributed by atoms with Gasteiger partial charge in [0.05, 0.1) is 16.6 Å². The molecule has 0 aliphatic carbocycles. The second kappa shape index (κ2) is 3.51. The van der Waals surface area contributed by atoms with E-state index in [1.165, 1.54) is 12.1 Å². The predicted molar refractivity (Wildman–Crippen MR) is 62.4 cm³/mol. The lowest BCUT2D eigenvalue weighted by Gasteiger charge is -1.96. The number of hydrogen-bond acceptors (Lipinski definition) is 3. The van der Waals surface area contributed by atoms with Gasteiger partial charge in [0.2, 0.25) is 0 Å². The van der Waals surface area contributed by atoms with Gasteiger partial charge in [-0.05, 0) is 28.7 Å². The number of nitrogens with one attached hydrogen (secondary N) is 1. The molecule has 0 aliphatic heterocycles. The summed E-state index contributed by atoms with van der Waals surface area (Å²) in [6.45, 7) is 0. The SMILES string of the molecule is N#Cc1ccc([N+](=O)[O-])c2[nH]cc(I)c12. The number of halogens is 1. The summed E-state index contributed by atoms with van der Waals surface area (Å²) < 4.78 is 0.808. The molecule has 1 aromatic heterocycles. The molecule has 0 unspecified atom stereocenters. The molecule has 0 bridgehead atoms. The van der Waals surface area contributed by atoms with Crippen LogP contribution in [0.25, 0.3) is 10.9 Å². The lowest BCUT2D eigenvalue weighted by Crippen LogP contribution is -1.90. The third-order valence-electron chi connectivity index (χ3n) is 2.08. The van der Waals surface area contributed by atoms with Crippen LogP contribution in [0.5, 0.6) is 0 Å². The van der Waals surface area contributed by atoms with E-state index in [4.69, 9.17) is 5.26 Å². The van der Waals surface area contributed by atoms with E-state index in [-0.39, 0.29) is 5.69 Å². The molecular weight excluding hydrogens is 309 g/mol. The average molecular weight is 313 g/mol. The summed E-state index contributed by atoms with van der Waals surface area (Å²) in [6, 6.07) is 4.83. The molecule has 0 amide bonds. The third kappa shape index (κ3) is 1.45. The number of benzene rings is 1. The molecule has 1 heterocycles. The highest BCUT2D eigenvalue weighted by Crippen LogP contribution is 2.30. The number of non-ortho nitro benzene ring substituents is 1. The van der Waals surface area contributed by atoms with E-state index >= 15 is 0 Å². The van der Waals surface area contributed by atoms with Crippen LogP contribution in [0.1, 0.15) is 5.56 Å². The third-order valence-corrected chi connectivity index (χ3v) is 2.93. The maximum Gasteiger partial charge on any atom is 0.293 e. The fourth-order valence-corrected chi connectivity index (χ4v) is 2.15. The molecule has 1 aromatic carbocycles. The first-order chi connectivity index (χ1) is 7.15. The minimum atomic E-state index is -0.462. The van der Waals surface area contributed by atoms with Gasteiger partial charge in [-0.2, -0.15) is 5.26 Å². The first-order valence-corrected chi connectivity index (χ1v) is 5.07. The Morgan fingerprint density at radius 2 is 2.27 bits per heavy atom. The lowest BCUT2D eigenvalue weighted by molar-refractivity contribution is -0.383. The van der Waals surface area contributed by atoms with Crippen molar-refractivity contribution in [1.29, 1.82) is 5.26 Å². The van der Waals surface area contributed by atoms with E-state index in [0.29, 0.717) is 16.5 Å². The lowest BCUT2D eigenvalue weighted by atomic mass is 10.1. The summed E-state index contributed by atoms with van der Waals surface area (Å²) in [5, 5.41) is 20.2. The molecule has 0 atom stereocenters. The second-order valence-corrected chi connectivity index (χ2v) is 4.05. The Balaban J connectivity index is 2.93.